The molecule has 0 saturated heterocycles. The highest BCUT2D eigenvalue weighted by Crippen LogP contribution is 2.33. The van der Waals surface area contributed by atoms with Crippen LogP contribution in [0.3, 0.4) is 0 Å². The molecule has 1 aliphatic rings. The molecule has 2 aromatic rings. The SMILES string of the molecule is OCc1ccc(OCC2CCOc3ccccc32)cc1. The van der Waals surface area contributed by atoms with E-state index in [-0.39, 0.29) is 6.61 Å². The van der Waals surface area contributed by atoms with Gasteiger partial charge < -0.3 is 14.6 Å². The van der Waals surface area contributed by atoms with Gasteiger partial charge in [-0.15, -0.1) is 0 Å². The van der Waals surface area contributed by atoms with E-state index in [4.69, 9.17) is 14.6 Å². The number of fused-ring (bicyclic) bond motifs is 1. The number of aliphatic hydroxyl groups excluding tert-OH is 1. The number of aliphatic hydroxyl groups is 1. The lowest BCUT2D eigenvalue weighted by molar-refractivity contribution is 0.217. The van der Waals surface area contributed by atoms with Crippen molar-refractivity contribution >= 4 is 0 Å². The maximum Gasteiger partial charge on any atom is 0.122 e. The molecule has 3 nitrogen and oxygen atoms in total. The molecule has 1 N–H and O–H groups in total. The molecule has 1 heterocycles. The van der Waals surface area contributed by atoms with Crippen LogP contribution < -0.4 is 9.47 Å². The summed E-state index contributed by atoms with van der Waals surface area (Å²) in [6, 6.07) is 15.7. The quantitative estimate of drug-likeness (QED) is 0.927. The van der Waals surface area contributed by atoms with E-state index >= 15 is 0 Å². The van der Waals surface area contributed by atoms with Gasteiger partial charge in [0.05, 0.1) is 19.8 Å². The molecule has 3 rings (SSSR count). The van der Waals surface area contributed by atoms with E-state index in [0.717, 1.165) is 30.1 Å². The number of hydrogen-bond donors (Lipinski definition) is 1. The summed E-state index contributed by atoms with van der Waals surface area (Å²) in [4.78, 5) is 0. The first-order valence-electron chi connectivity index (χ1n) is 6.91. The van der Waals surface area contributed by atoms with E-state index in [9.17, 15) is 0 Å². The van der Waals surface area contributed by atoms with Crippen molar-refractivity contribution in [1.82, 2.24) is 0 Å². The Balaban J connectivity index is 1.66. The Morgan fingerprint density at radius 1 is 1.10 bits per heavy atom. The van der Waals surface area contributed by atoms with Crippen LogP contribution in [0.15, 0.2) is 48.5 Å². The molecule has 104 valence electrons. The van der Waals surface area contributed by atoms with Gasteiger partial charge in [0.25, 0.3) is 0 Å². The first-order chi connectivity index (χ1) is 9.86. The molecular formula is C17H18O3. The van der Waals surface area contributed by atoms with Gasteiger partial charge in [0, 0.05) is 11.5 Å². The predicted molar refractivity (Wildman–Crippen MR) is 77.2 cm³/mol. The van der Waals surface area contributed by atoms with Gasteiger partial charge in [-0.05, 0) is 30.2 Å². The number of benzene rings is 2. The molecule has 0 aliphatic carbocycles. The van der Waals surface area contributed by atoms with E-state index in [1.54, 1.807) is 0 Å². The third-order valence-corrected chi connectivity index (χ3v) is 3.64. The topological polar surface area (TPSA) is 38.7 Å². The van der Waals surface area contributed by atoms with Crippen molar-refractivity contribution in [2.24, 2.45) is 0 Å². The van der Waals surface area contributed by atoms with Crippen molar-refractivity contribution < 1.29 is 14.6 Å². The van der Waals surface area contributed by atoms with Gasteiger partial charge in [-0.25, -0.2) is 0 Å². The lowest BCUT2D eigenvalue weighted by Crippen LogP contribution is -2.19. The van der Waals surface area contributed by atoms with Crippen LogP contribution in [0.5, 0.6) is 11.5 Å². The molecule has 0 spiro atoms. The lowest BCUT2D eigenvalue weighted by atomic mass is 9.94. The fraction of sp³-hybridized carbons (Fsp3) is 0.294. The largest absolute Gasteiger partial charge is 0.493 e. The molecule has 2 aromatic carbocycles. The van der Waals surface area contributed by atoms with Gasteiger partial charge in [-0.1, -0.05) is 30.3 Å². The second-order valence-corrected chi connectivity index (χ2v) is 4.98. The van der Waals surface area contributed by atoms with Crippen LogP contribution in [0, 0.1) is 0 Å². The van der Waals surface area contributed by atoms with Crippen molar-refractivity contribution in [3.63, 3.8) is 0 Å². The van der Waals surface area contributed by atoms with Gasteiger partial charge in [0.2, 0.25) is 0 Å². The van der Waals surface area contributed by atoms with Gasteiger partial charge in [-0.3, -0.25) is 0 Å². The summed E-state index contributed by atoms with van der Waals surface area (Å²) in [5.74, 6) is 2.19. The van der Waals surface area contributed by atoms with E-state index in [2.05, 4.69) is 6.07 Å². The van der Waals surface area contributed by atoms with E-state index < -0.39 is 0 Å². The standard InChI is InChI=1S/C17H18O3/c18-11-13-5-7-15(8-6-13)20-12-14-9-10-19-17-4-2-1-3-16(14)17/h1-8,14,18H,9-12H2. The number of rotatable bonds is 4. The molecule has 3 heteroatoms. The highest BCUT2D eigenvalue weighted by Gasteiger charge is 2.21. The van der Waals surface area contributed by atoms with Crippen molar-refractivity contribution in [1.29, 1.82) is 0 Å². The molecule has 0 fully saturated rings. The Morgan fingerprint density at radius 3 is 2.70 bits per heavy atom. The lowest BCUT2D eigenvalue weighted by Gasteiger charge is -2.25. The van der Waals surface area contributed by atoms with E-state index in [1.807, 2.05) is 42.5 Å². The third-order valence-electron chi connectivity index (χ3n) is 3.64. The van der Waals surface area contributed by atoms with Crippen molar-refractivity contribution in [3.8, 4) is 11.5 Å². The van der Waals surface area contributed by atoms with Gasteiger partial charge in [0.1, 0.15) is 11.5 Å². The van der Waals surface area contributed by atoms with Crippen LogP contribution in [-0.2, 0) is 6.61 Å². The normalized spacial score (nSPS) is 17.1. The van der Waals surface area contributed by atoms with Crippen molar-refractivity contribution in [2.75, 3.05) is 13.2 Å². The molecular weight excluding hydrogens is 252 g/mol. The summed E-state index contributed by atoms with van der Waals surface area (Å²) < 4.78 is 11.5. The highest BCUT2D eigenvalue weighted by atomic mass is 16.5. The molecule has 0 saturated carbocycles. The minimum Gasteiger partial charge on any atom is -0.493 e. The molecule has 0 radical (unpaired) electrons. The van der Waals surface area contributed by atoms with Gasteiger partial charge in [0.15, 0.2) is 0 Å². The monoisotopic (exact) mass is 270 g/mol. The Hall–Kier alpha value is -2.00. The molecule has 0 bridgehead atoms. The van der Waals surface area contributed by atoms with Crippen LogP contribution in [0.25, 0.3) is 0 Å². The van der Waals surface area contributed by atoms with E-state index in [1.165, 1.54) is 5.56 Å². The fourth-order valence-corrected chi connectivity index (χ4v) is 2.48. The second-order valence-electron chi connectivity index (χ2n) is 4.98. The predicted octanol–water partition coefficient (Wildman–Crippen LogP) is 3.12. The van der Waals surface area contributed by atoms with Gasteiger partial charge in [-0.2, -0.15) is 0 Å². The maximum atomic E-state index is 9.02. The summed E-state index contributed by atoms with van der Waals surface area (Å²) in [6.07, 6.45) is 0.978. The van der Waals surface area contributed by atoms with Crippen LogP contribution in [0.2, 0.25) is 0 Å². The van der Waals surface area contributed by atoms with Crippen molar-refractivity contribution in [3.05, 3.63) is 59.7 Å². The van der Waals surface area contributed by atoms with E-state index in [0.29, 0.717) is 12.5 Å². The maximum absolute atomic E-state index is 9.02. The molecule has 0 aromatic heterocycles. The fourth-order valence-electron chi connectivity index (χ4n) is 2.48. The van der Waals surface area contributed by atoms with Crippen LogP contribution in [0.4, 0.5) is 0 Å². The van der Waals surface area contributed by atoms with Crippen LogP contribution >= 0.6 is 0 Å². The average Bonchev–Trinajstić information content (AvgIpc) is 2.53. The van der Waals surface area contributed by atoms with Crippen molar-refractivity contribution in [2.45, 2.75) is 18.9 Å². The molecule has 0 amide bonds. The second kappa shape index (κ2) is 5.97. The zero-order valence-electron chi connectivity index (χ0n) is 11.3. The minimum atomic E-state index is 0.0631. The summed E-state index contributed by atoms with van der Waals surface area (Å²) in [5.41, 5.74) is 2.12. The Morgan fingerprint density at radius 2 is 1.90 bits per heavy atom. The molecule has 20 heavy (non-hydrogen) atoms. The molecule has 1 unspecified atom stereocenters. The van der Waals surface area contributed by atoms with Crippen LogP contribution in [0.1, 0.15) is 23.5 Å². The van der Waals surface area contributed by atoms with Crippen LogP contribution in [-0.4, -0.2) is 18.3 Å². The summed E-state index contributed by atoms with van der Waals surface area (Å²) in [6.45, 7) is 1.46. The number of ether oxygens (including phenoxy) is 2. The summed E-state index contributed by atoms with van der Waals surface area (Å²) in [5, 5.41) is 9.02. The zero-order valence-corrected chi connectivity index (χ0v) is 11.3. The highest BCUT2D eigenvalue weighted by molar-refractivity contribution is 5.38. The smallest absolute Gasteiger partial charge is 0.122 e. The summed E-state index contributed by atoms with van der Waals surface area (Å²) >= 11 is 0. The third kappa shape index (κ3) is 2.78. The summed E-state index contributed by atoms with van der Waals surface area (Å²) in [7, 11) is 0. The number of hydrogen-bond acceptors (Lipinski definition) is 3. The zero-order chi connectivity index (χ0) is 13.8. The Kier molecular flexibility index (Phi) is 3.88. The first kappa shape index (κ1) is 13.0. The molecule has 1 aliphatic heterocycles. The average molecular weight is 270 g/mol. The molecule has 1 atom stereocenters. The minimum absolute atomic E-state index is 0.0631. The van der Waals surface area contributed by atoms with Gasteiger partial charge >= 0.3 is 0 Å². The number of para-hydroxylation sites is 1. The first-order valence-corrected chi connectivity index (χ1v) is 6.91. The Bertz CT molecular complexity index is 563. The Labute approximate surface area is 118 Å².